The van der Waals surface area contributed by atoms with Crippen LogP contribution in [0.5, 0.6) is 0 Å². The third kappa shape index (κ3) is 1.87. The molecular formula is C12H13N3O2. The molecule has 0 atom stereocenters. The number of nitrogen functional groups attached to an aromatic ring is 1. The first-order valence-corrected chi connectivity index (χ1v) is 5.12. The second-order valence-corrected chi connectivity index (χ2v) is 3.63. The third-order valence-electron chi connectivity index (χ3n) is 2.56. The molecular weight excluding hydrogens is 218 g/mol. The number of nitrogens with zero attached hydrogens (tertiary/aromatic N) is 2. The number of esters is 1. The van der Waals surface area contributed by atoms with Gasteiger partial charge in [0.05, 0.1) is 12.8 Å². The molecule has 17 heavy (non-hydrogen) atoms. The lowest BCUT2D eigenvalue weighted by atomic mass is 10.2. The Bertz CT molecular complexity index is 561. The van der Waals surface area contributed by atoms with Gasteiger partial charge in [-0.05, 0) is 18.6 Å². The number of aryl methyl sites for hydroxylation is 1. The maximum Gasteiger partial charge on any atom is 0.360 e. The van der Waals surface area contributed by atoms with Crippen molar-refractivity contribution in [2.24, 2.45) is 0 Å². The van der Waals surface area contributed by atoms with E-state index >= 15 is 0 Å². The number of rotatable bonds is 2. The van der Waals surface area contributed by atoms with Crippen molar-refractivity contribution in [3.05, 3.63) is 41.9 Å². The summed E-state index contributed by atoms with van der Waals surface area (Å²) in [7, 11) is 1.30. The van der Waals surface area contributed by atoms with Crippen LogP contribution >= 0.6 is 0 Å². The maximum absolute atomic E-state index is 11.4. The average molecular weight is 231 g/mol. The zero-order valence-electron chi connectivity index (χ0n) is 9.68. The van der Waals surface area contributed by atoms with Crippen LogP contribution in [0.25, 0.3) is 5.69 Å². The molecule has 0 unspecified atom stereocenters. The Morgan fingerprint density at radius 2 is 2.12 bits per heavy atom. The predicted octanol–water partition coefficient (Wildman–Crippen LogP) is 1.55. The normalized spacial score (nSPS) is 10.2. The molecule has 0 fully saturated rings. The number of hydrogen-bond acceptors (Lipinski definition) is 4. The van der Waals surface area contributed by atoms with E-state index in [2.05, 4.69) is 9.72 Å². The van der Waals surface area contributed by atoms with E-state index in [1.165, 1.54) is 13.4 Å². The van der Waals surface area contributed by atoms with Crippen LogP contribution < -0.4 is 5.73 Å². The first-order valence-electron chi connectivity index (χ1n) is 5.12. The number of carbonyl (C=O) groups is 1. The molecule has 1 aromatic heterocycles. The molecule has 0 saturated carbocycles. The van der Waals surface area contributed by atoms with Crippen molar-refractivity contribution in [3.63, 3.8) is 0 Å². The molecule has 1 aromatic carbocycles. The topological polar surface area (TPSA) is 70.1 Å². The van der Waals surface area contributed by atoms with E-state index in [1.807, 2.05) is 31.2 Å². The van der Waals surface area contributed by atoms with Gasteiger partial charge in [0.25, 0.3) is 0 Å². The van der Waals surface area contributed by atoms with Crippen molar-refractivity contribution in [2.45, 2.75) is 6.92 Å². The van der Waals surface area contributed by atoms with E-state index in [9.17, 15) is 4.79 Å². The molecule has 2 N–H and O–H groups in total. The smallest absolute Gasteiger partial charge is 0.360 e. The lowest BCUT2D eigenvalue weighted by Gasteiger charge is -2.08. The van der Waals surface area contributed by atoms with Crippen molar-refractivity contribution in [1.29, 1.82) is 0 Å². The Hall–Kier alpha value is -2.30. The van der Waals surface area contributed by atoms with Crippen molar-refractivity contribution in [1.82, 2.24) is 9.55 Å². The fourth-order valence-corrected chi connectivity index (χ4v) is 1.64. The highest BCUT2D eigenvalue weighted by molar-refractivity contribution is 5.92. The number of benzene rings is 1. The fraction of sp³-hybridized carbons (Fsp3) is 0.167. The predicted molar refractivity (Wildman–Crippen MR) is 64.1 cm³/mol. The van der Waals surface area contributed by atoms with Crippen molar-refractivity contribution in [2.75, 3.05) is 12.8 Å². The van der Waals surface area contributed by atoms with Crippen molar-refractivity contribution in [3.8, 4) is 5.69 Å². The number of carbonyl (C=O) groups excluding carboxylic acids is 1. The first kappa shape index (κ1) is 11.2. The monoisotopic (exact) mass is 231 g/mol. The lowest BCUT2D eigenvalue weighted by Crippen LogP contribution is -2.08. The minimum Gasteiger partial charge on any atom is -0.464 e. The molecule has 5 nitrogen and oxygen atoms in total. The number of ether oxygens (including phenoxy) is 1. The third-order valence-corrected chi connectivity index (χ3v) is 2.56. The van der Waals surface area contributed by atoms with Crippen LogP contribution in [0.3, 0.4) is 0 Å². The van der Waals surface area contributed by atoms with E-state index in [-0.39, 0.29) is 11.5 Å². The molecule has 0 amide bonds. The second kappa shape index (κ2) is 4.29. The standard InChI is InChI=1S/C12H13N3O2/c1-8-5-3-4-6-9(8)15-7-14-10(11(15)13)12(16)17-2/h3-7H,13H2,1-2H3. The summed E-state index contributed by atoms with van der Waals surface area (Å²) < 4.78 is 6.27. The number of para-hydroxylation sites is 1. The van der Waals surface area contributed by atoms with Crippen molar-refractivity contribution < 1.29 is 9.53 Å². The van der Waals surface area contributed by atoms with E-state index in [1.54, 1.807) is 4.57 Å². The van der Waals surface area contributed by atoms with Crippen LogP contribution in [0.2, 0.25) is 0 Å². The van der Waals surface area contributed by atoms with Crippen LogP contribution in [0.4, 0.5) is 5.82 Å². The Labute approximate surface area is 98.8 Å². The number of methoxy groups -OCH3 is 1. The molecule has 0 aliphatic rings. The molecule has 0 radical (unpaired) electrons. The van der Waals surface area contributed by atoms with Gasteiger partial charge in [-0.25, -0.2) is 9.78 Å². The van der Waals surface area contributed by atoms with Crippen LogP contribution in [0.1, 0.15) is 16.1 Å². The Kier molecular flexibility index (Phi) is 2.82. The molecule has 0 aliphatic heterocycles. The van der Waals surface area contributed by atoms with Crippen LogP contribution in [0.15, 0.2) is 30.6 Å². The van der Waals surface area contributed by atoms with E-state index < -0.39 is 5.97 Å². The van der Waals surface area contributed by atoms with Gasteiger partial charge in [-0.3, -0.25) is 4.57 Å². The minimum atomic E-state index is -0.533. The quantitative estimate of drug-likeness (QED) is 0.796. The SMILES string of the molecule is COC(=O)c1ncn(-c2ccccc2C)c1N. The summed E-state index contributed by atoms with van der Waals surface area (Å²) in [4.78, 5) is 15.4. The Morgan fingerprint density at radius 1 is 1.41 bits per heavy atom. The number of anilines is 1. The van der Waals surface area contributed by atoms with Gasteiger partial charge in [-0.2, -0.15) is 0 Å². The number of aromatic nitrogens is 2. The molecule has 5 heteroatoms. The summed E-state index contributed by atoms with van der Waals surface area (Å²) in [5.41, 5.74) is 7.96. The molecule has 1 heterocycles. The Balaban J connectivity index is 2.52. The summed E-state index contributed by atoms with van der Waals surface area (Å²) in [6, 6.07) is 7.72. The fourth-order valence-electron chi connectivity index (χ4n) is 1.64. The largest absolute Gasteiger partial charge is 0.464 e. The van der Waals surface area contributed by atoms with Gasteiger partial charge >= 0.3 is 5.97 Å². The summed E-state index contributed by atoms with van der Waals surface area (Å²) in [5.74, 6) is -0.249. The van der Waals surface area contributed by atoms with Gasteiger partial charge in [0.1, 0.15) is 12.1 Å². The van der Waals surface area contributed by atoms with Crippen molar-refractivity contribution >= 4 is 11.8 Å². The van der Waals surface area contributed by atoms with Gasteiger partial charge in [-0.1, -0.05) is 18.2 Å². The van der Waals surface area contributed by atoms with Gasteiger partial charge in [0.15, 0.2) is 5.69 Å². The number of imidazole rings is 1. The van der Waals surface area contributed by atoms with Gasteiger partial charge in [0.2, 0.25) is 0 Å². The molecule has 0 spiro atoms. The number of nitrogens with two attached hydrogens (primary N) is 1. The van der Waals surface area contributed by atoms with Crippen LogP contribution in [0, 0.1) is 6.92 Å². The average Bonchev–Trinajstić information content (AvgIpc) is 2.71. The van der Waals surface area contributed by atoms with Crippen LogP contribution in [-0.4, -0.2) is 22.6 Å². The highest BCUT2D eigenvalue weighted by atomic mass is 16.5. The summed E-state index contributed by atoms with van der Waals surface area (Å²) in [6.07, 6.45) is 1.52. The minimum absolute atomic E-state index is 0.135. The molecule has 2 rings (SSSR count). The second-order valence-electron chi connectivity index (χ2n) is 3.63. The zero-order chi connectivity index (χ0) is 12.4. The molecule has 2 aromatic rings. The van der Waals surface area contributed by atoms with Gasteiger partial charge < -0.3 is 10.5 Å². The summed E-state index contributed by atoms with van der Waals surface area (Å²) >= 11 is 0. The van der Waals surface area contributed by atoms with E-state index in [4.69, 9.17) is 5.73 Å². The summed E-state index contributed by atoms with van der Waals surface area (Å²) in [6.45, 7) is 1.96. The molecule has 88 valence electrons. The van der Waals surface area contributed by atoms with Gasteiger partial charge in [0, 0.05) is 0 Å². The lowest BCUT2D eigenvalue weighted by molar-refractivity contribution is 0.0596. The van der Waals surface area contributed by atoms with E-state index in [0.29, 0.717) is 0 Å². The Morgan fingerprint density at radius 3 is 2.76 bits per heavy atom. The highest BCUT2D eigenvalue weighted by Crippen LogP contribution is 2.20. The van der Waals surface area contributed by atoms with Crippen LogP contribution in [-0.2, 0) is 4.74 Å². The molecule has 0 bridgehead atoms. The van der Waals surface area contributed by atoms with Gasteiger partial charge in [-0.15, -0.1) is 0 Å². The van der Waals surface area contributed by atoms with E-state index in [0.717, 1.165) is 11.3 Å². The molecule has 0 saturated heterocycles. The maximum atomic E-state index is 11.4. The molecule has 0 aliphatic carbocycles. The first-order chi connectivity index (χ1) is 8.15. The highest BCUT2D eigenvalue weighted by Gasteiger charge is 2.17. The number of hydrogen-bond donors (Lipinski definition) is 1. The summed E-state index contributed by atoms with van der Waals surface area (Å²) in [5, 5.41) is 0. The zero-order valence-corrected chi connectivity index (χ0v) is 9.68.